The van der Waals surface area contributed by atoms with Gasteiger partial charge in [-0.25, -0.2) is 0 Å². The zero-order chi connectivity index (χ0) is 7.40. The summed E-state index contributed by atoms with van der Waals surface area (Å²) in [5, 5.41) is 0. The fraction of sp³-hybridized carbons (Fsp3) is 0.111. The van der Waals surface area contributed by atoms with Crippen LogP contribution in [0.4, 0.5) is 0 Å². The van der Waals surface area contributed by atoms with Crippen LogP contribution >= 0.6 is 0 Å². The van der Waals surface area contributed by atoms with Crippen molar-refractivity contribution in [3.05, 3.63) is 39.5 Å². The van der Waals surface area contributed by atoms with Crippen LogP contribution in [0.5, 0.6) is 0 Å². The van der Waals surface area contributed by atoms with Gasteiger partial charge >= 0.3 is 75.0 Å². The molecule has 0 aliphatic rings. The summed E-state index contributed by atoms with van der Waals surface area (Å²) in [7, 11) is 0. The number of benzene rings is 1. The molecule has 0 aromatic heterocycles. The third kappa shape index (κ3) is 2.18. The van der Waals surface area contributed by atoms with Crippen molar-refractivity contribution >= 4 is 28.6 Å². The van der Waals surface area contributed by atoms with Crippen LogP contribution in [-0.4, -0.2) is 22.5 Å². The normalized spacial score (nSPS) is 10.6. The molecule has 1 aromatic carbocycles. The van der Waals surface area contributed by atoms with Gasteiger partial charge in [-0.2, -0.15) is 0 Å². The molecule has 0 aliphatic carbocycles. The molecule has 0 nitrogen and oxygen atoms in total. The fourth-order valence-electron chi connectivity index (χ4n) is 0.789. The van der Waals surface area contributed by atoms with Gasteiger partial charge in [-0.15, -0.1) is 0 Å². The molecule has 0 aliphatic heterocycles. The molecule has 0 unspecified atom stereocenters. The first kappa shape index (κ1) is 7.86. The van der Waals surface area contributed by atoms with Crippen LogP contribution in [0, 0.1) is 6.92 Å². The Morgan fingerprint density at radius 3 is 2.30 bits per heavy atom. The topological polar surface area (TPSA) is 0 Å². The van der Waals surface area contributed by atoms with E-state index in [-0.39, 0.29) is 0 Å². The maximum absolute atomic E-state index is 2.18. The van der Waals surface area contributed by atoms with Crippen LogP contribution in [0.1, 0.15) is 11.1 Å². The molecule has 1 heteroatoms. The van der Waals surface area contributed by atoms with Gasteiger partial charge in [-0.05, 0) is 0 Å². The number of rotatable bonds is 1. The SMILES string of the molecule is Cc1ccc(/C=[CH]/[SnH])cc1. The van der Waals surface area contributed by atoms with E-state index >= 15 is 0 Å². The van der Waals surface area contributed by atoms with Crippen LogP contribution < -0.4 is 0 Å². The van der Waals surface area contributed by atoms with Crippen molar-refractivity contribution in [1.82, 2.24) is 0 Å². The molecule has 0 N–H and O–H groups in total. The first-order valence-electron chi connectivity index (χ1n) is 3.28. The Morgan fingerprint density at radius 1 is 1.20 bits per heavy atom. The molecule has 0 spiro atoms. The first-order chi connectivity index (χ1) is 4.83. The molecule has 0 saturated heterocycles. The summed E-state index contributed by atoms with van der Waals surface area (Å²) in [5.41, 5.74) is 2.63. The second-order valence-electron chi connectivity index (χ2n) is 2.27. The Balaban J connectivity index is 2.89. The van der Waals surface area contributed by atoms with E-state index in [0.29, 0.717) is 0 Å². The predicted octanol–water partition coefficient (Wildman–Crippen LogP) is 1.87. The summed E-state index contributed by atoms with van der Waals surface area (Å²) < 4.78 is 2.18. The summed E-state index contributed by atoms with van der Waals surface area (Å²) in [4.78, 5) is 0. The van der Waals surface area contributed by atoms with Crippen molar-refractivity contribution < 1.29 is 0 Å². The molecule has 2 radical (unpaired) electrons. The molecule has 0 amide bonds. The van der Waals surface area contributed by atoms with Crippen molar-refractivity contribution in [2.75, 3.05) is 0 Å². The van der Waals surface area contributed by atoms with Gasteiger partial charge in [-0.3, -0.25) is 0 Å². The Bertz CT molecular complexity index is 221. The van der Waals surface area contributed by atoms with Crippen LogP contribution in [-0.2, 0) is 0 Å². The second kappa shape index (κ2) is 3.81. The van der Waals surface area contributed by atoms with Gasteiger partial charge in [0.2, 0.25) is 0 Å². The van der Waals surface area contributed by atoms with Crippen LogP contribution in [0.25, 0.3) is 6.08 Å². The Morgan fingerprint density at radius 2 is 1.80 bits per heavy atom. The van der Waals surface area contributed by atoms with E-state index in [1.165, 1.54) is 33.7 Å². The van der Waals surface area contributed by atoms with E-state index in [1.807, 2.05) is 0 Å². The van der Waals surface area contributed by atoms with E-state index < -0.39 is 0 Å². The molecule has 0 bridgehead atoms. The van der Waals surface area contributed by atoms with Crippen LogP contribution in [0.15, 0.2) is 28.4 Å². The predicted molar refractivity (Wildman–Crippen MR) is 47.4 cm³/mol. The average Bonchev–Trinajstić information content (AvgIpc) is 1.95. The summed E-state index contributed by atoms with van der Waals surface area (Å²) in [6.45, 7) is 2.10. The standard InChI is InChI=1S/C9H9.Sn.H/c1-3-9-6-4-8(2)5-7-9;;/h1,3-7H,2H3;;. The van der Waals surface area contributed by atoms with E-state index in [0.717, 1.165) is 0 Å². The molecule has 0 heterocycles. The zero-order valence-electron chi connectivity index (χ0n) is 6.04. The van der Waals surface area contributed by atoms with E-state index in [1.54, 1.807) is 0 Å². The summed E-state index contributed by atoms with van der Waals surface area (Å²) in [6.07, 6.45) is 2.15. The molecule has 50 valence electrons. The van der Waals surface area contributed by atoms with Crippen LogP contribution in [0.2, 0.25) is 0 Å². The van der Waals surface area contributed by atoms with Crippen molar-refractivity contribution in [2.24, 2.45) is 0 Å². The fourth-order valence-corrected chi connectivity index (χ4v) is 1.42. The van der Waals surface area contributed by atoms with Gasteiger partial charge in [0.05, 0.1) is 0 Å². The quantitative estimate of drug-likeness (QED) is 0.654. The summed E-state index contributed by atoms with van der Waals surface area (Å²) in [6, 6.07) is 8.55. The van der Waals surface area contributed by atoms with E-state index in [4.69, 9.17) is 0 Å². The van der Waals surface area contributed by atoms with E-state index in [2.05, 4.69) is 41.4 Å². The van der Waals surface area contributed by atoms with Crippen molar-refractivity contribution in [1.29, 1.82) is 0 Å². The molecule has 0 saturated carbocycles. The third-order valence-electron chi connectivity index (χ3n) is 1.37. The molecule has 1 aromatic rings. The minimum absolute atomic E-state index is 1.20. The van der Waals surface area contributed by atoms with Gasteiger partial charge in [0.25, 0.3) is 0 Å². The van der Waals surface area contributed by atoms with Gasteiger partial charge in [0.1, 0.15) is 0 Å². The third-order valence-corrected chi connectivity index (χ3v) is 1.92. The zero-order valence-corrected chi connectivity index (χ0v) is 9.34. The van der Waals surface area contributed by atoms with E-state index in [9.17, 15) is 0 Å². The molecule has 1 rings (SSSR count). The van der Waals surface area contributed by atoms with Crippen LogP contribution in [0.3, 0.4) is 0 Å². The van der Waals surface area contributed by atoms with Gasteiger partial charge < -0.3 is 0 Å². The average molecular weight is 237 g/mol. The Hall–Kier alpha value is -0.241. The summed E-state index contributed by atoms with van der Waals surface area (Å²) >= 11 is 1.20. The molecular formula is C9H10Sn. The van der Waals surface area contributed by atoms with Crippen molar-refractivity contribution in [3.8, 4) is 0 Å². The molecule has 0 fully saturated rings. The maximum atomic E-state index is 2.18. The summed E-state index contributed by atoms with van der Waals surface area (Å²) in [5.74, 6) is 0. The number of aryl methyl sites for hydroxylation is 1. The first-order valence-corrected chi connectivity index (χ1v) is 5.18. The molecular weight excluding hydrogens is 227 g/mol. The van der Waals surface area contributed by atoms with Gasteiger partial charge in [0.15, 0.2) is 0 Å². The monoisotopic (exact) mass is 238 g/mol. The van der Waals surface area contributed by atoms with Gasteiger partial charge in [-0.1, -0.05) is 0 Å². The van der Waals surface area contributed by atoms with Gasteiger partial charge in [0, 0.05) is 0 Å². The number of hydrogen-bond donors (Lipinski definition) is 0. The van der Waals surface area contributed by atoms with Crippen molar-refractivity contribution in [3.63, 3.8) is 0 Å². The Labute approximate surface area is 75.0 Å². The molecule has 10 heavy (non-hydrogen) atoms. The minimum atomic E-state index is 1.20. The molecule has 0 atom stereocenters. The van der Waals surface area contributed by atoms with Crippen molar-refractivity contribution in [2.45, 2.75) is 6.92 Å². The Kier molecular flexibility index (Phi) is 3.00. The second-order valence-corrected chi connectivity index (χ2v) is 3.37. The number of hydrogen-bond acceptors (Lipinski definition) is 0.